The van der Waals surface area contributed by atoms with Crippen molar-refractivity contribution in [2.75, 3.05) is 53.5 Å². The van der Waals surface area contributed by atoms with Gasteiger partial charge in [0, 0.05) is 45.8 Å². The van der Waals surface area contributed by atoms with Gasteiger partial charge in [0.15, 0.2) is 0 Å². The summed E-state index contributed by atoms with van der Waals surface area (Å²) in [5, 5.41) is 0. The molecule has 0 saturated carbocycles. The van der Waals surface area contributed by atoms with Gasteiger partial charge >= 0.3 is 11.9 Å². The van der Waals surface area contributed by atoms with Crippen molar-refractivity contribution < 1.29 is 19.1 Å². The van der Waals surface area contributed by atoms with Crippen LogP contribution in [0.15, 0.2) is 36.4 Å². The molecule has 33 heavy (non-hydrogen) atoms. The molecular weight excluding hydrogens is 422 g/mol. The fraction of sp³-hybridized carbons (Fsp3) is 0.500. The number of rotatable bonds is 6. The topological polar surface area (TPSA) is 88.1 Å². The van der Waals surface area contributed by atoms with Crippen LogP contribution < -0.4 is 0 Å². The summed E-state index contributed by atoms with van der Waals surface area (Å²) in [6.45, 7) is 8.31. The minimum absolute atomic E-state index is 0.202. The van der Waals surface area contributed by atoms with Crippen molar-refractivity contribution in [3.05, 3.63) is 59.2 Å². The van der Waals surface area contributed by atoms with Gasteiger partial charge < -0.3 is 9.47 Å². The molecule has 0 saturated heterocycles. The van der Waals surface area contributed by atoms with Crippen LogP contribution in [0.25, 0.3) is 0 Å². The highest BCUT2D eigenvalue weighted by Crippen LogP contribution is 2.11. The summed E-state index contributed by atoms with van der Waals surface area (Å²) in [5.74, 6) is -0.713. The highest BCUT2D eigenvalue weighted by molar-refractivity contribution is 5.87. The zero-order valence-electron chi connectivity index (χ0n) is 19.7. The Bertz CT molecular complexity index is 939. The fourth-order valence-corrected chi connectivity index (χ4v) is 3.82. The van der Waals surface area contributed by atoms with Gasteiger partial charge in [0.05, 0.1) is 37.8 Å². The van der Waals surface area contributed by atoms with Gasteiger partial charge in [-0.25, -0.2) is 9.78 Å². The Morgan fingerprint density at radius 2 is 1.48 bits per heavy atom. The van der Waals surface area contributed by atoms with Crippen LogP contribution in [0.2, 0.25) is 0 Å². The van der Waals surface area contributed by atoms with Crippen molar-refractivity contribution >= 4 is 11.9 Å². The first-order chi connectivity index (χ1) is 16.0. The average Bonchev–Trinajstić information content (AvgIpc) is 2.83. The number of methoxy groups -OCH3 is 2. The zero-order valence-corrected chi connectivity index (χ0v) is 19.7. The van der Waals surface area contributed by atoms with Crippen molar-refractivity contribution in [3.8, 4) is 0 Å². The number of carbonyl (C=O) groups excluding carboxylic acids is 2. The van der Waals surface area contributed by atoms with Crippen LogP contribution in [0.4, 0.5) is 0 Å². The molecule has 0 atom stereocenters. The Morgan fingerprint density at radius 1 is 0.848 bits per heavy atom. The molecule has 0 spiro atoms. The molecule has 0 fully saturated rings. The molecular formula is C24H33N5O4. The molecule has 3 rings (SSSR count). The minimum Gasteiger partial charge on any atom is -0.468 e. The van der Waals surface area contributed by atoms with Gasteiger partial charge in [0.2, 0.25) is 0 Å². The molecule has 0 aromatic carbocycles. The Kier molecular flexibility index (Phi) is 9.29. The lowest BCUT2D eigenvalue weighted by Gasteiger charge is -2.30. The van der Waals surface area contributed by atoms with E-state index in [1.165, 1.54) is 14.2 Å². The predicted molar refractivity (Wildman–Crippen MR) is 123 cm³/mol. The number of esters is 2. The molecule has 2 bridgehead atoms. The number of hydrogen-bond acceptors (Lipinski definition) is 9. The van der Waals surface area contributed by atoms with E-state index in [0.717, 1.165) is 49.8 Å². The number of pyridine rings is 2. The molecule has 0 aliphatic carbocycles. The molecule has 2 aromatic rings. The maximum Gasteiger partial charge on any atom is 0.356 e. The van der Waals surface area contributed by atoms with Crippen molar-refractivity contribution in [2.24, 2.45) is 0 Å². The number of aromatic nitrogens is 2. The van der Waals surface area contributed by atoms with Gasteiger partial charge in [-0.15, -0.1) is 0 Å². The van der Waals surface area contributed by atoms with Gasteiger partial charge in [-0.3, -0.25) is 24.5 Å². The Labute approximate surface area is 195 Å². The maximum absolute atomic E-state index is 12.0. The standard InChI is InChI=1S/C24H33N5O4/c1-4-27-11-12-28(16-21-9-6-10-22(26-21)24(31)33-3)13-14-29(18-23(30)32-2)17-20-8-5-7-19(15-27)25-20/h5-10H,4,11-18H2,1-3H3. The van der Waals surface area contributed by atoms with Gasteiger partial charge in [-0.1, -0.05) is 19.1 Å². The third-order valence-electron chi connectivity index (χ3n) is 5.72. The summed E-state index contributed by atoms with van der Waals surface area (Å²) in [4.78, 5) is 39.9. The van der Waals surface area contributed by atoms with E-state index in [4.69, 9.17) is 14.5 Å². The molecule has 0 N–H and O–H groups in total. The van der Waals surface area contributed by atoms with E-state index in [0.29, 0.717) is 25.3 Å². The Morgan fingerprint density at radius 3 is 2.15 bits per heavy atom. The van der Waals surface area contributed by atoms with Crippen LogP contribution in [0.3, 0.4) is 0 Å². The van der Waals surface area contributed by atoms with E-state index < -0.39 is 5.97 Å². The van der Waals surface area contributed by atoms with Gasteiger partial charge in [0.1, 0.15) is 5.69 Å². The van der Waals surface area contributed by atoms with Crippen LogP contribution in [0.5, 0.6) is 0 Å². The molecule has 9 heteroatoms. The van der Waals surface area contributed by atoms with E-state index in [1.807, 2.05) is 30.3 Å². The monoisotopic (exact) mass is 455 g/mol. The SMILES string of the molecule is CCN1CCN(Cc2cccc(C(=O)OC)n2)CCN(CC(=O)OC)Cc2cccc(n2)C1. The van der Waals surface area contributed by atoms with Crippen LogP contribution in [-0.2, 0) is 33.9 Å². The smallest absolute Gasteiger partial charge is 0.356 e. The average molecular weight is 456 g/mol. The summed E-state index contributed by atoms with van der Waals surface area (Å²) in [7, 11) is 2.76. The molecule has 0 unspecified atom stereocenters. The summed E-state index contributed by atoms with van der Waals surface area (Å²) < 4.78 is 9.71. The van der Waals surface area contributed by atoms with Gasteiger partial charge in [0.25, 0.3) is 0 Å². The third kappa shape index (κ3) is 7.59. The quantitative estimate of drug-likeness (QED) is 0.602. The van der Waals surface area contributed by atoms with Crippen molar-refractivity contribution in [2.45, 2.75) is 26.6 Å². The van der Waals surface area contributed by atoms with Crippen molar-refractivity contribution in [1.82, 2.24) is 24.7 Å². The van der Waals surface area contributed by atoms with Crippen LogP contribution in [0, 0.1) is 0 Å². The number of fused-ring (bicyclic) bond motifs is 2. The first-order valence-electron chi connectivity index (χ1n) is 11.2. The molecule has 3 heterocycles. The summed E-state index contributed by atoms with van der Waals surface area (Å²) >= 11 is 0. The molecule has 2 aromatic heterocycles. The molecule has 0 radical (unpaired) electrons. The highest BCUT2D eigenvalue weighted by Gasteiger charge is 2.18. The second-order valence-corrected chi connectivity index (χ2v) is 8.06. The number of ether oxygens (including phenoxy) is 2. The molecule has 9 nitrogen and oxygen atoms in total. The normalized spacial score (nSPS) is 16.5. The van der Waals surface area contributed by atoms with E-state index in [9.17, 15) is 9.59 Å². The van der Waals surface area contributed by atoms with Crippen molar-refractivity contribution in [1.29, 1.82) is 0 Å². The lowest BCUT2D eigenvalue weighted by Crippen LogP contribution is -2.41. The summed E-state index contributed by atoms with van der Waals surface area (Å²) in [6, 6.07) is 11.5. The van der Waals surface area contributed by atoms with E-state index >= 15 is 0 Å². The van der Waals surface area contributed by atoms with Crippen molar-refractivity contribution in [3.63, 3.8) is 0 Å². The Hall–Kier alpha value is -2.88. The number of hydrogen-bond donors (Lipinski definition) is 0. The summed E-state index contributed by atoms with van der Waals surface area (Å²) in [6.07, 6.45) is 0. The van der Waals surface area contributed by atoms with E-state index in [2.05, 4.69) is 26.6 Å². The third-order valence-corrected chi connectivity index (χ3v) is 5.72. The molecule has 1 aliphatic rings. The summed E-state index contributed by atoms with van der Waals surface area (Å²) in [5.41, 5.74) is 3.06. The van der Waals surface area contributed by atoms with Gasteiger partial charge in [-0.2, -0.15) is 0 Å². The lowest BCUT2D eigenvalue weighted by atomic mass is 10.2. The molecule has 178 valence electrons. The lowest BCUT2D eigenvalue weighted by molar-refractivity contribution is -0.142. The van der Waals surface area contributed by atoms with Crippen LogP contribution in [-0.4, -0.2) is 90.1 Å². The van der Waals surface area contributed by atoms with Crippen LogP contribution in [0.1, 0.15) is 34.5 Å². The predicted octanol–water partition coefficient (Wildman–Crippen LogP) is 1.58. The number of carbonyl (C=O) groups is 2. The molecule has 0 amide bonds. The second-order valence-electron chi connectivity index (χ2n) is 8.06. The maximum atomic E-state index is 12.0. The Balaban J connectivity index is 1.80. The zero-order chi connectivity index (χ0) is 23.6. The van der Waals surface area contributed by atoms with E-state index in [1.54, 1.807) is 6.07 Å². The first kappa shape index (κ1) is 24.8. The first-order valence-corrected chi connectivity index (χ1v) is 11.2. The van der Waals surface area contributed by atoms with E-state index in [-0.39, 0.29) is 12.5 Å². The highest BCUT2D eigenvalue weighted by atomic mass is 16.5. The number of likely N-dealkylation sites (N-methyl/N-ethyl adjacent to an activating group) is 1. The second kappa shape index (κ2) is 12.4. The number of nitrogens with zero attached hydrogens (tertiary/aromatic N) is 5. The molecule has 1 aliphatic heterocycles. The van der Waals surface area contributed by atoms with Crippen LogP contribution >= 0.6 is 0 Å². The van der Waals surface area contributed by atoms with Gasteiger partial charge in [-0.05, 0) is 30.8 Å². The minimum atomic E-state index is -0.444. The largest absolute Gasteiger partial charge is 0.468 e. The fourth-order valence-electron chi connectivity index (χ4n) is 3.82.